The minimum absolute atomic E-state index is 0.606. The van der Waals surface area contributed by atoms with E-state index in [1.54, 1.807) is 6.20 Å². The number of nitrogens with one attached hydrogen (secondary N) is 1. The van der Waals surface area contributed by atoms with E-state index in [1.165, 1.54) is 0 Å². The number of nitrogens with zero attached hydrogens (tertiary/aromatic N) is 2. The summed E-state index contributed by atoms with van der Waals surface area (Å²) >= 11 is 0. The van der Waals surface area contributed by atoms with E-state index in [1.807, 2.05) is 13.8 Å². The Morgan fingerprint density at radius 1 is 1.42 bits per heavy atom. The van der Waals surface area contributed by atoms with E-state index in [-0.39, 0.29) is 0 Å². The van der Waals surface area contributed by atoms with Crippen molar-refractivity contribution in [2.24, 2.45) is 5.73 Å². The van der Waals surface area contributed by atoms with Crippen LogP contribution in [-0.4, -0.2) is 23.1 Å². The summed E-state index contributed by atoms with van der Waals surface area (Å²) in [7, 11) is 0. The zero-order valence-corrected chi connectivity index (χ0v) is 7.46. The zero-order chi connectivity index (χ0) is 8.97. The van der Waals surface area contributed by atoms with Crippen LogP contribution in [0.3, 0.4) is 0 Å². The lowest BCUT2D eigenvalue weighted by Gasteiger charge is -2.04. The maximum atomic E-state index is 5.33. The molecule has 0 aliphatic heterocycles. The third-order valence-corrected chi connectivity index (χ3v) is 1.64. The van der Waals surface area contributed by atoms with Crippen LogP contribution in [0.2, 0.25) is 0 Å². The summed E-state index contributed by atoms with van der Waals surface area (Å²) in [6.07, 6.45) is 1.72. The monoisotopic (exact) mass is 166 g/mol. The van der Waals surface area contributed by atoms with E-state index >= 15 is 0 Å². The molecule has 0 saturated carbocycles. The van der Waals surface area contributed by atoms with Gasteiger partial charge in [0.25, 0.3) is 0 Å². The highest BCUT2D eigenvalue weighted by Crippen LogP contribution is 2.04. The molecule has 1 rings (SSSR count). The first kappa shape index (κ1) is 8.93. The summed E-state index contributed by atoms with van der Waals surface area (Å²) in [6, 6.07) is 0. The predicted molar refractivity (Wildman–Crippen MR) is 49.1 cm³/mol. The van der Waals surface area contributed by atoms with Crippen molar-refractivity contribution in [1.29, 1.82) is 0 Å². The van der Waals surface area contributed by atoms with Gasteiger partial charge in [0.2, 0.25) is 0 Å². The van der Waals surface area contributed by atoms with Gasteiger partial charge in [-0.25, -0.2) is 4.98 Å². The molecule has 0 unspecified atom stereocenters. The van der Waals surface area contributed by atoms with E-state index in [0.29, 0.717) is 6.54 Å². The first-order valence-corrected chi connectivity index (χ1v) is 3.98. The van der Waals surface area contributed by atoms with Gasteiger partial charge in [-0.3, -0.25) is 4.98 Å². The molecule has 0 bridgehead atoms. The second-order valence-corrected chi connectivity index (χ2v) is 2.64. The molecule has 3 N–H and O–H groups in total. The van der Waals surface area contributed by atoms with Gasteiger partial charge in [0, 0.05) is 13.1 Å². The molecule has 0 radical (unpaired) electrons. The fourth-order valence-corrected chi connectivity index (χ4v) is 0.827. The third-order valence-electron chi connectivity index (χ3n) is 1.64. The first-order valence-electron chi connectivity index (χ1n) is 3.98. The van der Waals surface area contributed by atoms with Crippen LogP contribution in [-0.2, 0) is 0 Å². The quantitative estimate of drug-likeness (QED) is 0.685. The molecule has 1 heterocycles. The Morgan fingerprint density at radius 3 is 2.75 bits per heavy atom. The molecule has 0 atom stereocenters. The lowest BCUT2D eigenvalue weighted by molar-refractivity contribution is 0.982. The predicted octanol–water partition coefficient (Wildman–Crippen LogP) is 0.464. The average Bonchev–Trinajstić information content (AvgIpc) is 2.07. The van der Waals surface area contributed by atoms with E-state index < -0.39 is 0 Å². The topological polar surface area (TPSA) is 63.8 Å². The summed E-state index contributed by atoms with van der Waals surface area (Å²) < 4.78 is 0. The van der Waals surface area contributed by atoms with Crippen LogP contribution in [0.4, 0.5) is 5.82 Å². The van der Waals surface area contributed by atoms with Crippen LogP contribution in [0.25, 0.3) is 0 Å². The molecule has 0 amide bonds. The number of rotatable bonds is 3. The molecular weight excluding hydrogens is 152 g/mol. The highest BCUT2D eigenvalue weighted by Gasteiger charge is 1.96. The van der Waals surface area contributed by atoms with Gasteiger partial charge in [-0.2, -0.15) is 0 Å². The van der Waals surface area contributed by atoms with Crippen molar-refractivity contribution in [2.75, 3.05) is 18.4 Å². The van der Waals surface area contributed by atoms with E-state index in [2.05, 4.69) is 15.3 Å². The zero-order valence-electron chi connectivity index (χ0n) is 7.46. The van der Waals surface area contributed by atoms with Crippen LogP contribution < -0.4 is 11.1 Å². The van der Waals surface area contributed by atoms with Crippen LogP contribution in [0.1, 0.15) is 11.4 Å². The number of aromatic nitrogens is 2. The van der Waals surface area contributed by atoms with Crippen LogP contribution in [0.15, 0.2) is 6.20 Å². The number of hydrogen-bond acceptors (Lipinski definition) is 4. The maximum absolute atomic E-state index is 5.33. The molecule has 0 aromatic carbocycles. The molecule has 0 aliphatic carbocycles. The molecule has 0 aliphatic rings. The molecule has 0 spiro atoms. The number of hydrogen-bond donors (Lipinski definition) is 2. The Hall–Kier alpha value is -1.16. The van der Waals surface area contributed by atoms with Gasteiger partial charge in [-0.05, 0) is 13.8 Å². The molecular formula is C8H14N4. The minimum atomic E-state index is 0.606. The van der Waals surface area contributed by atoms with Gasteiger partial charge in [0.1, 0.15) is 5.82 Å². The summed E-state index contributed by atoms with van der Waals surface area (Å²) in [6.45, 7) is 5.22. The molecule has 1 aromatic heterocycles. The highest BCUT2D eigenvalue weighted by molar-refractivity contribution is 5.33. The Labute approximate surface area is 72.2 Å². The fourth-order valence-electron chi connectivity index (χ4n) is 0.827. The van der Waals surface area contributed by atoms with Crippen LogP contribution in [0, 0.1) is 13.8 Å². The largest absolute Gasteiger partial charge is 0.368 e. The van der Waals surface area contributed by atoms with E-state index in [0.717, 1.165) is 23.8 Å². The smallest absolute Gasteiger partial charge is 0.144 e. The summed E-state index contributed by atoms with van der Waals surface area (Å²) in [5.41, 5.74) is 7.26. The second-order valence-electron chi connectivity index (χ2n) is 2.64. The van der Waals surface area contributed by atoms with Gasteiger partial charge in [0.15, 0.2) is 0 Å². The molecule has 0 saturated heterocycles. The Kier molecular flexibility index (Phi) is 2.99. The normalized spacial score (nSPS) is 9.92. The molecule has 1 aromatic rings. The van der Waals surface area contributed by atoms with Crippen molar-refractivity contribution in [3.63, 3.8) is 0 Å². The van der Waals surface area contributed by atoms with Gasteiger partial charge in [0.05, 0.1) is 17.6 Å². The molecule has 4 nitrogen and oxygen atoms in total. The van der Waals surface area contributed by atoms with Crippen molar-refractivity contribution in [1.82, 2.24) is 9.97 Å². The Bertz CT molecular complexity index is 259. The van der Waals surface area contributed by atoms with Gasteiger partial charge < -0.3 is 11.1 Å². The second kappa shape index (κ2) is 4.01. The van der Waals surface area contributed by atoms with Crippen molar-refractivity contribution in [3.8, 4) is 0 Å². The van der Waals surface area contributed by atoms with Crippen molar-refractivity contribution in [3.05, 3.63) is 17.6 Å². The fraction of sp³-hybridized carbons (Fsp3) is 0.500. The molecule has 66 valence electrons. The van der Waals surface area contributed by atoms with Gasteiger partial charge >= 0.3 is 0 Å². The maximum Gasteiger partial charge on any atom is 0.144 e. The van der Waals surface area contributed by atoms with Crippen LogP contribution in [0.5, 0.6) is 0 Å². The van der Waals surface area contributed by atoms with Gasteiger partial charge in [-0.15, -0.1) is 0 Å². The summed E-state index contributed by atoms with van der Waals surface area (Å²) in [5, 5.41) is 3.06. The molecule has 0 fully saturated rings. The van der Waals surface area contributed by atoms with Crippen LogP contribution >= 0.6 is 0 Å². The number of aryl methyl sites for hydroxylation is 2. The number of anilines is 1. The van der Waals surface area contributed by atoms with Crippen molar-refractivity contribution in [2.45, 2.75) is 13.8 Å². The average molecular weight is 166 g/mol. The van der Waals surface area contributed by atoms with Crippen molar-refractivity contribution >= 4 is 5.82 Å². The minimum Gasteiger partial charge on any atom is -0.368 e. The third kappa shape index (κ3) is 2.17. The van der Waals surface area contributed by atoms with E-state index in [9.17, 15) is 0 Å². The lowest BCUT2D eigenvalue weighted by Crippen LogP contribution is -2.14. The highest BCUT2D eigenvalue weighted by atomic mass is 15.0. The summed E-state index contributed by atoms with van der Waals surface area (Å²) in [5.74, 6) is 0.795. The standard InChI is InChI=1S/C8H14N4/c1-6-7(2)12-8(5-11-6)10-4-3-9/h5H,3-4,9H2,1-2H3,(H,10,12). The Morgan fingerprint density at radius 2 is 2.17 bits per heavy atom. The summed E-state index contributed by atoms with van der Waals surface area (Å²) in [4.78, 5) is 8.45. The SMILES string of the molecule is Cc1ncc(NCCN)nc1C. The first-order chi connectivity index (χ1) is 5.74. The molecule has 12 heavy (non-hydrogen) atoms. The molecule has 4 heteroatoms. The lowest BCUT2D eigenvalue weighted by atomic mass is 10.3. The Balaban J connectivity index is 2.69. The van der Waals surface area contributed by atoms with E-state index in [4.69, 9.17) is 5.73 Å². The van der Waals surface area contributed by atoms with Gasteiger partial charge in [-0.1, -0.05) is 0 Å². The number of nitrogens with two attached hydrogens (primary N) is 1. The van der Waals surface area contributed by atoms with Crippen molar-refractivity contribution < 1.29 is 0 Å².